The average Bonchev–Trinajstić information content (AvgIpc) is 3.01. The summed E-state index contributed by atoms with van der Waals surface area (Å²) in [6, 6.07) is 0. The molecule has 1 saturated carbocycles. The van der Waals surface area contributed by atoms with Crippen LogP contribution < -0.4 is 0 Å². The van der Waals surface area contributed by atoms with E-state index in [2.05, 4.69) is 11.0 Å². The third-order valence-corrected chi connectivity index (χ3v) is 7.69. The zero-order chi connectivity index (χ0) is 15.7. The fraction of sp³-hybridized carbons (Fsp3) is 0.842. The molecule has 4 fully saturated rings. The Hall–Kier alpha value is -0.480. The first-order valence-electron chi connectivity index (χ1n) is 9.55. The highest BCUT2D eigenvalue weighted by Gasteiger charge is 2.47. The van der Waals surface area contributed by atoms with Crippen LogP contribution in [0.25, 0.3) is 0 Å². The van der Waals surface area contributed by atoms with Gasteiger partial charge < -0.3 is 4.74 Å². The number of esters is 1. The highest BCUT2D eigenvalue weighted by molar-refractivity contribution is 8.03. The van der Waals surface area contributed by atoms with Gasteiger partial charge in [-0.2, -0.15) is 0 Å². The molecular weight excluding hydrogens is 306 g/mol. The van der Waals surface area contributed by atoms with Crippen molar-refractivity contribution in [3.63, 3.8) is 0 Å². The number of allylic oxidation sites excluding steroid dienone is 1. The summed E-state index contributed by atoms with van der Waals surface area (Å²) in [5.41, 5.74) is -0.302. The molecule has 4 heterocycles. The molecule has 0 amide bonds. The minimum atomic E-state index is -0.302. The number of carbonyl (C=O) groups excluding carboxylic acids is 1. The second kappa shape index (κ2) is 6.79. The van der Waals surface area contributed by atoms with Crippen LogP contribution in [0.5, 0.6) is 0 Å². The van der Waals surface area contributed by atoms with Gasteiger partial charge >= 0.3 is 5.97 Å². The zero-order valence-electron chi connectivity index (χ0n) is 14.1. The van der Waals surface area contributed by atoms with Crippen molar-refractivity contribution < 1.29 is 9.53 Å². The summed E-state index contributed by atoms with van der Waals surface area (Å²) in [5, 5.41) is 0. The van der Waals surface area contributed by atoms with Crippen LogP contribution in [0.1, 0.15) is 57.8 Å². The monoisotopic (exact) mass is 335 g/mol. The van der Waals surface area contributed by atoms with Gasteiger partial charge in [0.1, 0.15) is 6.10 Å². The van der Waals surface area contributed by atoms with Crippen LogP contribution in [-0.4, -0.2) is 42.4 Å². The molecular formula is C19H29NO2S. The highest BCUT2D eigenvalue weighted by atomic mass is 32.2. The quantitative estimate of drug-likeness (QED) is 0.576. The zero-order valence-corrected chi connectivity index (χ0v) is 14.9. The van der Waals surface area contributed by atoms with E-state index in [4.69, 9.17) is 4.74 Å². The molecule has 0 unspecified atom stereocenters. The lowest BCUT2D eigenvalue weighted by Gasteiger charge is -2.45. The largest absolute Gasteiger partial charge is 0.460 e. The Morgan fingerprint density at radius 3 is 2.48 bits per heavy atom. The van der Waals surface area contributed by atoms with Crippen LogP contribution in [0.3, 0.4) is 0 Å². The van der Waals surface area contributed by atoms with Crippen LogP contribution in [0, 0.1) is 11.3 Å². The van der Waals surface area contributed by atoms with Crippen molar-refractivity contribution in [1.82, 2.24) is 4.90 Å². The van der Waals surface area contributed by atoms with Gasteiger partial charge in [0.2, 0.25) is 0 Å². The van der Waals surface area contributed by atoms with E-state index in [0.717, 1.165) is 31.6 Å². The van der Waals surface area contributed by atoms with Crippen molar-refractivity contribution in [1.29, 1.82) is 0 Å². The fourth-order valence-electron chi connectivity index (χ4n) is 4.93. The molecule has 5 aliphatic rings. The average molecular weight is 336 g/mol. The van der Waals surface area contributed by atoms with Gasteiger partial charge in [-0.3, -0.25) is 9.69 Å². The van der Waals surface area contributed by atoms with Crippen LogP contribution >= 0.6 is 11.8 Å². The molecule has 5 rings (SSSR count). The number of ether oxygens (including phenoxy) is 1. The topological polar surface area (TPSA) is 29.5 Å². The molecule has 0 N–H and O–H groups in total. The minimum absolute atomic E-state index is 0.110. The number of nitrogens with zero attached hydrogens (tertiary/aromatic N) is 1. The maximum Gasteiger partial charge on any atom is 0.317 e. The minimum Gasteiger partial charge on any atom is -0.460 e. The van der Waals surface area contributed by atoms with Crippen LogP contribution in [0.2, 0.25) is 0 Å². The Labute approximate surface area is 144 Å². The first-order chi connectivity index (χ1) is 11.3. The highest BCUT2D eigenvalue weighted by Crippen LogP contribution is 2.50. The summed E-state index contributed by atoms with van der Waals surface area (Å²) in [6.07, 6.45) is 12.9. The molecule has 4 heteroatoms. The molecule has 0 aromatic carbocycles. The Morgan fingerprint density at radius 1 is 1.17 bits per heavy atom. The van der Waals surface area contributed by atoms with Crippen LogP contribution in [0.4, 0.5) is 0 Å². The SMILES string of the molecule is O=C(O[C@H]1CN2CCC1CC2)C1(C2=CCCS2)CCCCCC1. The molecule has 23 heavy (non-hydrogen) atoms. The summed E-state index contributed by atoms with van der Waals surface area (Å²) in [7, 11) is 0. The van der Waals surface area contributed by atoms with Gasteiger partial charge in [-0.15, -0.1) is 11.8 Å². The summed E-state index contributed by atoms with van der Waals surface area (Å²) >= 11 is 1.91. The molecule has 4 aliphatic heterocycles. The molecule has 0 aromatic heterocycles. The van der Waals surface area contributed by atoms with E-state index in [1.165, 1.54) is 56.5 Å². The smallest absolute Gasteiger partial charge is 0.317 e. The Bertz CT molecular complexity index is 474. The standard InChI is InChI=1S/C19H29NO2S/c21-18(22-16-14-20-11-7-15(16)8-12-20)19(17-6-5-13-23-17)9-3-1-2-4-10-19/h6,15-16H,1-5,7-14H2/t16-/m0/s1. The molecule has 0 radical (unpaired) electrons. The van der Waals surface area contributed by atoms with Crippen molar-refractivity contribution in [2.45, 2.75) is 63.9 Å². The van der Waals surface area contributed by atoms with E-state index in [1.807, 2.05) is 11.8 Å². The first kappa shape index (κ1) is 16.0. The number of hydrogen-bond donors (Lipinski definition) is 0. The summed E-state index contributed by atoms with van der Waals surface area (Å²) in [5.74, 6) is 1.86. The predicted molar refractivity (Wildman–Crippen MR) is 94.3 cm³/mol. The van der Waals surface area contributed by atoms with Crippen molar-refractivity contribution in [3.05, 3.63) is 11.0 Å². The lowest BCUT2D eigenvalue weighted by molar-refractivity contribution is -0.169. The molecule has 1 aliphatic carbocycles. The van der Waals surface area contributed by atoms with Gasteiger partial charge in [-0.1, -0.05) is 31.8 Å². The molecule has 128 valence electrons. The van der Waals surface area contributed by atoms with Gasteiger partial charge in [-0.05, 0) is 56.0 Å². The van der Waals surface area contributed by atoms with Gasteiger partial charge in [0.05, 0.1) is 5.41 Å². The van der Waals surface area contributed by atoms with Crippen LogP contribution in [0.15, 0.2) is 11.0 Å². The van der Waals surface area contributed by atoms with E-state index in [-0.39, 0.29) is 17.5 Å². The van der Waals surface area contributed by atoms with Crippen molar-refractivity contribution in [3.8, 4) is 0 Å². The lowest BCUT2D eigenvalue weighted by Crippen LogP contribution is -2.53. The molecule has 0 spiro atoms. The number of piperidine rings is 3. The summed E-state index contributed by atoms with van der Waals surface area (Å²) in [6.45, 7) is 3.37. The number of thioether (sulfide) groups is 1. The molecule has 1 atom stereocenters. The first-order valence-corrected chi connectivity index (χ1v) is 10.5. The molecule has 2 bridgehead atoms. The number of rotatable bonds is 3. The fourth-order valence-corrected chi connectivity index (χ4v) is 6.18. The van der Waals surface area contributed by atoms with E-state index >= 15 is 0 Å². The van der Waals surface area contributed by atoms with Gasteiger partial charge in [-0.25, -0.2) is 0 Å². The number of fused-ring (bicyclic) bond motifs is 3. The van der Waals surface area contributed by atoms with E-state index in [0.29, 0.717) is 5.92 Å². The second-order valence-corrected chi connectivity index (χ2v) is 8.92. The van der Waals surface area contributed by atoms with Gasteiger partial charge in [0.15, 0.2) is 0 Å². The lowest BCUT2D eigenvalue weighted by atomic mass is 9.79. The molecule has 3 nitrogen and oxygen atoms in total. The summed E-state index contributed by atoms with van der Waals surface area (Å²) in [4.78, 5) is 17.1. The number of carbonyl (C=O) groups is 1. The molecule has 3 saturated heterocycles. The molecule has 0 aromatic rings. The van der Waals surface area contributed by atoms with E-state index in [9.17, 15) is 4.79 Å². The Morgan fingerprint density at radius 2 is 1.91 bits per heavy atom. The van der Waals surface area contributed by atoms with Crippen molar-refractivity contribution in [2.75, 3.05) is 25.4 Å². The predicted octanol–water partition coefficient (Wildman–Crippen LogP) is 3.99. The summed E-state index contributed by atoms with van der Waals surface area (Å²) < 4.78 is 6.20. The third kappa shape index (κ3) is 3.09. The van der Waals surface area contributed by atoms with Crippen molar-refractivity contribution in [2.24, 2.45) is 11.3 Å². The van der Waals surface area contributed by atoms with E-state index < -0.39 is 0 Å². The number of hydrogen-bond acceptors (Lipinski definition) is 4. The van der Waals surface area contributed by atoms with Crippen LogP contribution in [-0.2, 0) is 9.53 Å². The van der Waals surface area contributed by atoms with E-state index in [1.54, 1.807) is 0 Å². The Balaban J connectivity index is 1.52. The Kier molecular flexibility index (Phi) is 4.73. The second-order valence-electron chi connectivity index (χ2n) is 7.78. The third-order valence-electron chi connectivity index (χ3n) is 6.38. The van der Waals surface area contributed by atoms with Gasteiger partial charge in [0.25, 0.3) is 0 Å². The maximum absolute atomic E-state index is 13.3. The maximum atomic E-state index is 13.3. The normalized spacial score (nSPS) is 36.3. The van der Waals surface area contributed by atoms with Crippen molar-refractivity contribution >= 4 is 17.7 Å². The van der Waals surface area contributed by atoms with Gasteiger partial charge in [0, 0.05) is 12.3 Å².